The van der Waals surface area contributed by atoms with E-state index in [1.54, 1.807) is 37.4 Å². The van der Waals surface area contributed by atoms with E-state index in [2.05, 4.69) is 37.9 Å². The number of hydrogen-bond donors (Lipinski definition) is 1. The summed E-state index contributed by atoms with van der Waals surface area (Å²) < 4.78 is 21.1. The van der Waals surface area contributed by atoms with Crippen LogP contribution in [0.5, 0.6) is 11.5 Å². The number of nitrogens with one attached hydrogen (secondary N) is 1. The maximum atomic E-state index is 12.9. The molecule has 0 radical (unpaired) electrons. The molecule has 1 N–H and O–H groups in total. The highest BCUT2D eigenvalue weighted by molar-refractivity contribution is 5.97. The molecule has 42 heavy (non-hydrogen) atoms. The Morgan fingerprint density at radius 2 is 1.33 bits per heavy atom. The molecule has 0 aliphatic rings. The van der Waals surface area contributed by atoms with Crippen molar-refractivity contribution in [3.63, 3.8) is 0 Å². The number of amides is 1. The lowest BCUT2D eigenvalue weighted by atomic mass is 9.98. The Morgan fingerprint density at radius 3 is 1.86 bits per heavy atom. The first kappa shape index (κ1) is 32.1. The second kappa shape index (κ2) is 15.0. The molecule has 0 spiro atoms. The molecule has 0 atom stereocenters. The molecule has 0 unspecified atom stereocenters. The van der Waals surface area contributed by atoms with Gasteiger partial charge in [0, 0.05) is 30.4 Å². The molecule has 224 valence electrons. The molecule has 9 nitrogen and oxygen atoms in total. The van der Waals surface area contributed by atoms with Gasteiger partial charge in [-0.1, -0.05) is 24.3 Å². The first-order valence-corrected chi connectivity index (χ1v) is 13.8. The predicted octanol–water partition coefficient (Wildman–Crippen LogP) is 5.61. The van der Waals surface area contributed by atoms with E-state index in [0.717, 1.165) is 17.7 Å². The van der Waals surface area contributed by atoms with Crippen molar-refractivity contribution < 1.29 is 33.3 Å². The number of hydrogen-bond acceptors (Lipinski definition) is 8. The molecule has 0 saturated carbocycles. The quantitative estimate of drug-likeness (QED) is 0.262. The smallest absolute Gasteiger partial charge is 0.337 e. The number of carbonyl (C=O) groups excluding carboxylic acids is 3. The molecule has 0 aliphatic heterocycles. The van der Waals surface area contributed by atoms with E-state index in [9.17, 15) is 14.4 Å². The Morgan fingerprint density at radius 1 is 0.738 bits per heavy atom. The van der Waals surface area contributed by atoms with Gasteiger partial charge < -0.3 is 24.3 Å². The zero-order valence-corrected chi connectivity index (χ0v) is 25.4. The third-order valence-electron chi connectivity index (χ3n) is 6.81. The summed E-state index contributed by atoms with van der Waals surface area (Å²) in [5.74, 6) is -0.153. The Balaban J connectivity index is 1.69. The van der Waals surface area contributed by atoms with Crippen molar-refractivity contribution in [2.45, 2.75) is 46.2 Å². The molecule has 0 saturated heterocycles. The van der Waals surface area contributed by atoms with Gasteiger partial charge in [-0.25, -0.2) is 9.59 Å². The molecular formula is C33H40N2O7. The third kappa shape index (κ3) is 8.57. The highest BCUT2D eigenvalue weighted by Crippen LogP contribution is 2.30. The minimum absolute atomic E-state index is 0.149. The van der Waals surface area contributed by atoms with E-state index in [1.807, 2.05) is 24.3 Å². The van der Waals surface area contributed by atoms with Crippen LogP contribution >= 0.6 is 0 Å². The second-order valence-corrected chi connectivity index (χ2v) is 10.3. The zero-order chi connectivity index (χ0) is 30.8. The average molecular weight is 577 g/mol. The second-order valence-electron chi connectivity index (χ2n) is 10.3. The largest absolute Gasteiger partial charge is 0.493 e. The standard InChI is InChI=1S/C33H40N2O7/c1-21(2)35(22(3)4)14-15-42-30-20-28(12-13-29(30)39-5)34-31(36)16-23-8-10-24(11-9-23)25-17-26(32(37)40-6)19-27(18-25)33(38)41-7/h8-13,17-22H,14-16H2,1-7H3,(H,34,36). The van der Waals surface area contributed by atoms with E-state index in [0.29, 0.717) is 41.4 Å². The van der Waals surface area contributed by atoms with Crippen molar-refractivity contribution in [3.05, 3.63) is 77.4 Å². The van der Waals surface area contributed by atoms with Crippen molar-refractivity contribution in [1.82, 2.24) is 4.90 Å². The normalized spacial score (nSPS) is 11.0. The van der Waals surface area contributed by atoms with E-state index in [4.69, 9.17) is 18.9 Å². The molecule has 0 aromatic heterocycles. The minimum atomic E-state index is -0.560. The first-order chi connectivity index (χ1) is 20.1. The van der Waals surface area contributed by atoms with Crippen LogP contribution in [-0.4, -0.2) is 69.3 Å². The van der Waals surface area contributed by atoms with Gasteiger partial charge in [0.1, 0.15) is 6.61 Å². The number of ether oxygens (including phenoxy) is 4. The van der Waals surface area contributed by atoms with Crippen molar-refractivity contribution in [2.24, 2.45) is 0 Å². The van der Waals surface area contributed by atoms with Gasteiger partial charge in [0.05, 0.1) is 38.9 Å². The van der Waals surface area contributed by atoms with Gasteiger partial charge in [0.2, 0.25) is 5.91 Å². The van der Waals surface area contributed by atoms with Crippen LogP contribution in [0.15, 0.2) is 60.7 Å². The van der Waals surface area contributed by atoms with Crippen LogP contribution < -0.4 is 14.8 Å². The lowest BCUT2D eigenvalue weighted by Gasteiger charge is -2.30. The minimum Gasteiger partial charge on any atom is -0.493 e. The summed E-state index contributed by atoms with van der Waals surface area (Å²) in [6.07, 6.45) is 0.149. The van der Waals surface area contributed by atoms with E-state index < -0.39 is 11.9 Å². The molecule has 3 aromatic carbocycles. The van der Waals surface area contributed by atoms with Gasteiger partial charge in [-0.05, 0) is 74.7 Å². The van der Waals surface area contributed by atoms with E-state index in [1.165, 1.54) is 20.3 Å². The first-order valence-electron chi connectivity index (χ1n) is 13.8. The summed E-state index contributed by atoms with van der Waals surface area (Å²) in [4.78, 5) is 39.5. The van der Waals surface area contributed by atoms with Crippen molar-refractivity contribution in [1.29, 1.82) is 0 Å². The number of nitrogens with zero attached hydrogens (tertiary/aromatic N) is 1. The Labute approximate surface area is 247 Å². The van der Waals surface area contributed by atoms with Crippen molar-refractivity contribution in [3.8, 4) is 22.6 Å². The van der Waals surface area contributed by atoms with Crippen LogP contribution in [0.4, 0.5) is 5.69 Å². The van der Waals surface area contributed by atoms with Crippen LogP contribution in [0.2, 0.25) is 0 Å². The molecule has 9 heteroatoms. The molecule has 0 fully saturated rings. The monoisotopic (exact) mass is 576 g/mol. The maximum Gasteiger partial charge on any atom is 0.337 e. The fourth-order valence-electron chi connectivity index (χ4n) is 4.71. The molecule has 1 amide bonds. The summed E-state index contributed by atoms with van der Waals surface area (Å²) in [7, 11) is 4.14. The average Bonchev–Trinajstić information content (AvgIpc) is 2.98. The van der Waals surface area contributed by atoms with Gasteiger partial charge >= 0.3 is 11.9 Å². The Hall–Kier alpha value is -4.37. The highest BCUT2D eigenvalue weighted by atomic mass is 16.5. The zero-order valence-electron chi connectivity index (χ0n) is 25.4. The van der Waals surface area contributed by atoms with Gasteiger partial charge in [0.15, 0.2) is 11.5 Å². The van der Waals surface area contributed by atoms with Crippen molar-refractivity contribution >= 4 is 23.5 Å². The Kier molecular flexibility index (Phi) is 11.5. The number of carbonyl (C=O) groups is 3. The molecule has 0 heterocycles. The fraction of sp³-hybridized carbons (Fsp3) is 0.364. The lowest BCUT2D eigenvalue weighted by molar-refractivity contribution is -0.115. The summed E-state index contributed by atoms with van der Waals surface area (Å²) >= 11 is 0. The number of anilines is 1. The lowest BCUT2D eigenvalue weighted by Crippen LogP contribution is -2.39. The van der Waals surface area contributed by atoms with Gasteiger partial charge in [-0.2, -0.15) is 0 Å². The number of rotatable bonds is 13. The summed E-state index contributed by atoms with van der Waals surface area (Å²) in [6, 6.07) is 18.2. The molecule has 0 aliphatic carbocycles. The molecule has 3 aromatic rings. The van der Waals surface area contributed by atoms with Crippen LogP contribution in [0.25, 0.3) is 11.1 Å². The maximum absolute atomic E-state index is 12.9. The fourth-order valence-corrected chi connectivity index (χ4v) is 4.71. The number of benzene rings is 3. The summed E-state index contributed by atoms with van der Waals surface area (Å²) in [6.45, 7) is 9.89. The Bertz CT molecular complexity index is 1340. The molecule has 0 bridgehead atoms. The van der Waals surface area contributed by atoms with Gasteiger partial charge in [-0.15, -0.1) is 0 Å². The van der Waals surface area contributed by atoms with E-state index >= 15 is 0 Å². The predicted molar refractivity (Wildman–Crippen MR) is 162 cm³/mol. The summed E-state index contributed by atoms with van der Waals surface area (Å²) in [5, 5.41) is 2.93. The van der Waals surface area contributed by atoms with Crippen LogP contribution in [-0.2, 0) is 20.7 Å². The highest BCUT2D eigenvalue weighted by Gasteiger charge is 2.16. The van der Waals surface area contributed by atoms with E-state index in [-0.39, 0.29) is 23.5 Å². The topological polar surface area (TPSA) is 103 Å². The van der Waals surface area contributed by atoms with Gasteiger partial charge in [-0.3, -0.25) is 9.69 Å². The van der Waals surface area contributed by atoms with Gasteiger partial charge in [0.25, 0.3) is 0 Å². The molecule has 3 rings (SSSR count). The SMILES string of the molecule is COC(=O)c1cc(C(=O)OC)cc(-c2ccc(CC(=O)Nc3ccc(OC)c(OCCN(C(C)C)C(C)C)c3)cc2)c1. The third-order valence-corrected chi connectivity index (χ3v) is 6.81. The van der Waals surface area contributed by atoms with Crippen molar-refractivity contribution in [2.75, 3.05) is 39.8 Å². The van der Waals surface area contributed by atoms with Crippen LogP contribution in [0, 0.1) is 0 Å². The van der Waals surface area contributed by atoms with Crippen LogP contribution in [0.3, 0.4) is 0 Å². The van der Waals surface area contributed by atoms with Crippen LogP contribution in [0.1, 0.15) is 54.0 Å². The summed E-state index contributed by atoms with van der Waals surface area (Å²) in [5.41, 5.74) is 3.27. The molecular weight excluding hydrogens is 536 g/mol. The number of methoxy groups -OCH3 is 3. The number of esters is 2.